The third-order valence-electron chi connectivity index (χ3n) is 2.56. The van der Waals surface area contributed by atoms with Gasteiger partial charge in [0.1, 0.15) is 12.2 Å². The fourth-order valence-electron chi connectivity index (χ4n) is 1.67. The summed E-state index contributed by atoms with van der Waals surface area (Å²) >= 11 is 11.5. The topological polar surface area (TPSA) is 45.6 Å². The third-order valence-corrected chi connectivity index (χ3v) is 3.00. The zero-order valence-electron chi connectivity index (χ0n) is 10.1. The van der Waals surface area contributed by atoms with Gasteiger partial charge in [0.25, 0.3) is 0 Å². The first-order valence-corrected chi connectivity index (χ1v) is 6.64. The largest absolute Gasteiger partial charge is 0.273 e. The number of alkyl halides is 1. The Kier molecular flexibility index (Phi) is 4.78. The van der Waals surface area contributed by atoms with Gasteiger partial charge in [0.2, 0.25) is 5.91 Å². The normalized spacial score (nSPS) is 14.7. The lowest BCUT2D eigenvalue weighted by atomic mass is 10.1. The summed E-state index contributed by atoms with van der Waals surface area (Å²) in [5.41, 5.74) is 1.32. The van der Waals surface area contributed by atoms with Gasteiger partial charge >= 0.3 is 0 Å². The van der Waals surface area contributed by atoms with Crippen molar-refractivity contribution in [1.82, 2.24) is 9.99 Å². The molecule has 1 amide bonds. The van der Waals surface area contributed by atoms with Crippen molar-refractivity contribution >= 4 is 34.8 Å². The molecule has 0 saturated heterocycles. The number of hydrogen-bond acceptors (Lipinski definition) is 3. The Morgan fingerprint density at radius 3 is 2.95 bits per heavy atom. The summed E-state index contributed by atoms with van der Waals surface area (Å²) in [6, 6.07) is 3.50. The molecule has 0 fully saturated rings. The first-order valence-electron chi connectivity index (χ1n) is 5.73. The van der Waals surface area contributed by atoms with Crippen LogP contribution in [0.1, 0.15) is 18.5 Å². The van der Waals surface area contributed by atoms with Gasteiger partial charge in [0, 0.05) is 19.0 Å². The van der Waals surface area contributed by atoms with Gasteiger partial charge < -0.3 is 0 Å². The molecule has 1 aromatic rings. The number of aromatic nitrogens is 1. The molecule has 6 heteroatoms. The molecule has 0 unspecified atom stereocenters. The average Bonchev–Trinajstić information content (AvgIpc) is 2.42. The highest BCUT2D eigenvalue weighted by Gasteiger charge is 2.22. The molecular weight excluding hydrogens is 285 g/mol. The van der Waals surface area contributed by atoms with E-state index in [1.807, 2.05) is 0 Å². The van der Waals surface area contributed by atoms with E-state index >= 15 is 0 Å². The number of rotatable bonds is 2. The van der Waals surface area contributed by atoms with E-state index in [9.17, 15) is 4.79 Å². The van der Waals surface area contributed by atoms with Gasteiger partial charge in [-0.15, -0.1) is 11.6 Å². The first-order chi connectivity index (χ1) is 9.22. The number of nitrogens with zero attached hydrogens (tertiary/aromatic N) is 3. The molecule has 0 bridgehead atoms. The van der Waals surface area contributed by atoms with Crippen LogP contribution in [0, 0.1) is 11.8 Å². The molecule has 1 aliphatic heterocycles. The molecule has 2 rings (SSSR count). The first kappa shape index (κ1) is 13.9. The van der Waals surface area contributed by atoms with Crippen LogP contribution in [0.15, 0.2) is 23.4 Å². The second-order valence-corrected chi connectivity index (χ2v) is 4.49. The number of halogens is 2. The quantitative estimate of drug-likeness (QED) is 0.621. The molecule has 4 nitrogen and oxygen atoms in total. The molecule has 0 atom stereocenters. The minimum absolute atomic E-state index is 0.0559. The number of pyridine rings is 1. The van der Waals surface area contributed by atoms with Crippen LogP contribution in [0.3, 0.4) is 0 Å². The fourth-order valence-corrected chi connectivity index (χ4v) is 2.00. The highest BCUT2D eigenvalue weighted by Crippen LogP contribution is 2.19. The maximum atomic E-state index is 11.7. The van der Waals surface area contributed by atoms with Crippen molar-refractivity contribution in [1.29, 1.82) is 0 Å². The van der Waals surface area contributed by atoms with Crippen LogP contribution in [0.25, 0.3) is 0 Å². The second-order valence-electron chi connectivity index (χ2n) is 3.82. The summed E-state index contributed by atoms with van der Waals surface area (Å²) in [7, 11) is 0. The van der Waals surface area contributed by atoms with Crippen LogP contribution in [0.5, 0.6) is 0 Å². The number of carbonyl (C=O) groups excluding carboxylic acids is 1. The molecular formula is C13H11Cl2N3O. The summed E-state index contributed by atoms with van der Waals surface area (Å²) in [5, 5.41) is 6.14. The summed E-state index contributed by atoms with van der Waals surface area (Å²) in [6.45, 7) is 0.236. The number of hydrazone groups is 1. The highest BCUT2D eigenvalue weighted by molar-refractivity contribution is 6.34. The molecule has 0 N–H and O–H groups in total. The zero-order valence-corrected chi connectivity index (χ0v) is 11.6. The molecule has 98 valence electrons. The van der Waals surface area contributed by atoms with Crippen molar-refractivity contribution in [2.75, 3.05) is 12.4 Å². The smallest absolute Gasteiger partial charge is 0.243 e. The molecule has 19 heavy (non-hydrogen) atoms. The van der Waals surface area contributed by atoms with Crippen LogP contribution < -0.4 is 0 Å². The average molecular weight is 296 g/mol. The number of carbonyl (C=O) groups is 1. The minimum Gasteiger partial charge on any atom is -0.273 e. The number of hydrogen-bond donors (Lipinski definition) is 0. The zero-order chi connectivity index (χ0) is 13.7. The van der Waals surface area contributed by atoms with E-state index < -0.39 is 0 Å². The lowest BCUT2D eigenvalue weighted by Crippen LogP contribution is -2.32. The van der Waals surface area contributed by atoms with Crippen molar-refractivity contribution in [3.63, 3.8) is 0 Å². The summed E-state index contributed by atoms with van der Waals surface area (Å²) in [6.07, 6.45) is 2.57. The lowest BCUT2D eigenvalue weighted by molar-refractivity contribution is -0.131. The van der Waals surface area contributed by atoms with E-state index in [0.29, 0.717) is 29.3 Å². The predicted molar refractivity (Wildman–Crippen MR) is 75.2 cm³/mol. The summed E-state index contributed by atoms with van der Waals surface area (Å²) in [4.78, 5) is 15.9. The summed E-state index contributed by atoms with van der Waals surface area (Å²) < 4.78 is 0. The van der Waals surface area contributed by atoms with Gasteiger partial charge in [0.05, 0.1) is 16.6 Å². The Morgan fingerprint density at radius 2 is 2.21 bits per heavy atom. The van der Waals surface area contributed by atoms with Gasteiger partial charge in [-0.25, -0.2) is 5.01 Å². The van der Waals surface area contributed by atoms with Crippen LogP contribution in [-0.4, -0.2) is 34.0 Å². The van der Waals surface area contributed by atoms with Crippen molar-refractivity contribution in [3.8, 4) is 11.8 Å². The Bertz CT molecular complexity index is 575. The molecule has 0 saturated carbocycles. The second kappa shape index (κ2) is 6.55. The van der Waals surface area contributed by atoms with Crippen molar-refractivity contribution in [2.24, 2.45) is 5.10 Å². The minimum atomic E-state index is -0.0559. The maximum absolute atomic E-state index is 11.7. The van der Waals surface area contributed by atoms with E-state index in [1.54, 1.807) is 18.3 Å². The maximum Gasteiger partial charge on any atom is 0.243 e. The monoisotopic (exact) mass is 295 g/mol. The molecule has 0 spiro atoms. The lowest BCUT2D eigenvalue weighted by Gasteiger charge is -2.21. The van der Waals surface area contributed by atoms with E-state index in [-0.39, 0.29) is 18.3 Å². The predicted octanol–water partition coefficient (Wildman–Crippen LogP) is 2.30. The van der Waals surface area contributed by atoms with E-state index in [1.165, 1.54) is 5.01 Å². The van der Waals surface area contributed by atoms with Gasteiger partial charge in [-0.3, -0.25) is 9.78 Å². The van der Waals surface area contributed by atoms with E-state index in [2.05, 4.69) is 21.9 Å². The van der Waals surface area contributed by atoms with Gasteiger partial charge in [-0.05, 0) is 12.1 Å². The third kappa shape index (κ3) is 3.46. The SMILES string of the molecule is O=C1CCC(c2ncccc2Cl)=NN1CC#CCCl. The molecule has 2 heterocycles. The van der Waals surface area contributed by atoms with E-state index in [0.717, 1.165) is 0 Å². The molecule has 1 aromatic heterocycles. The van der Waals surface area contributed by atoms with Crippen molar-refractivity contribution < 1.29 is 4.79 Å². The van der Waals surface area contributed by atoms with Gasteiger partial charge in [0.15, 0.2) is 0 Å². The van der Waals surface area contributed by atoms with Crippen molar-refractivity contribution in [2.45, 2.75) is 12.8 Å². The van der Waals surface area contributed by atoms with Crippen LogP contribution in [-0.2, 0) is 4.79 Å². The fraction of sp³-hybridized carbons (Fsp3) is 0.308. The van der Waals surface area contributed by atoms with Gasteiger partial charge in [-0.1, -0.05) is 23.4 Å². The molecule has 0 aromatic carbocycles. The number of amides is 1. The van der Waals surface area contributed by atoms with Crippen molar-refractivity contribution in [3.05, 3.63) is 29.0 Å². The van der Waals surface area contributed by atoms with Gasteiger partial charge in [-0.2, -0.15) is 5.10 Å². The molecule has 0 radical (unpaired) electrons. The Morgan fingerprint density at radius 1 is 1.37 bits per heavy atom. The Labute approximate surface area is 121 Å². The highest BCUT2D eigenvalue weighted by atomic mass is 35.5. The van der Waals surface area contributed by atoms with Crippen LogP contribution in [0.2, 0.25) is 5.02 Å². The van der Waals surface area contributed by atoms with E-state index in [4.69, 9.17) is 23.2 Å². The van der Waals surface area contributed by atoms with Crippen LogP contribution in [0.4, 0.5) is 0 Å². The molecule has 0 aliphatic carbocycles. The Hall–Kier alpha value is -1.57. The summed E-state index contributed by atoms with van der Waals surface area (Å²) in [5.74, 6) is 5.66. The standard InChI is InChI=1S/C13H11Cl2N3O/c14-7-1-2-9-18-12(19)6-5-11(17-18)13-10(15)4-3-8-16-13/h3-4,8H,5-7,9H2. The van der Waals surface area contributed by atoms with Crippen LogP contribution >= 0.6 is 23.2 Å². The molecule has 1 aliphatic rings. The Balaban J connectivity index is 2.24.